The molecule has 26 heavy (non-hydrogen) atoms. The van der Waals surface area contributed by atoms with Gasteiger partial charge in [0.1, 0.15) is 5.41 Å². The average Bonchev–Trinajstić information content (AvgIpc) is 2.69. The summed E-state index contributed by atoms with van der Waals surface area (Å²) < 4.78 is 0. The number of piperidine rings is 2. The minimum Gasteiger partial charge on any atom is -0.481 e. The van der Waals surface area contributed by atoms with Gasteiger partial charge in [-0.2, -0.15) is 0 Å². The van der Waals surface area contributed by atoms with Gasteiger partial charge in [0, 0.05) is 50.5 Å². The van der Waals surface area contributed by atoms with E-state index in [9.17, 15) is 9.90 Å². The lowest BCUT2D eigenvalue weighted by Crippen LogP contribution is -2.64. The summed E-state index contributed by atoms with van der Waals surface area (Å²) in [6.07, 6.45) is 9.38. The van der Waals surface area contributed by atoms with Gasteiger partial charge in [-0.05, 0) is 49.6 Å². The molecular weight excluding hydrogens is 330 g/mol. The number of anilines is 1. The molecule has 0 saturated carbocycles. The average molecular weight is 353 g/mol. The molecule has 0 amide bonds. The first-order chi connectivity index (χ1) is 12.7. The number of likely N-dealkylation sites (tertiary alicyclic amines) is 1. The van der Waals surface area contributed by atoms with Crippen molar-refractivity contribution in [2.24, 2.45) is 5.41 Å². The molecule has 2 atom stereocenters. The van der Waals surface area contributed by atoms with Crippen molar-refractivity contribution in [1.29, 1.82) is 0 Å². The SMILES string of the molecule is O=C(O)[C@]12CCCN(Cc3ccncc3)C1CCN(c1ncccn1)C2. The van der Waals surface area contributed by atoms with E-state index in [-0.39, 0.29) is 6.04 Å². The maximum absolute atomic E-state index is 12.4. The Bertz CT molecular complexity index is 757. The summed E-state index contributed by atoms with van der Waals surface area (Å²) in [5.74, 6) is -0.0830. The zero-order chi connectivity index (χ0) is 18.0. The van der Waals surface area contributed by atoms with Gasteiger partial charge < -0.3 is 10.0 Å². The van der Waals surface area contributed by atoms with Crippen LogP contribution in [0.2, 0.25) is 0 Å². The molecule has 0 bridgehead atoms. The van der Waals surface area contributed by atoms with Gasteiger partial charge in [0.15, 0.2) is 0 Å². The second kappa shape index (κ2) is 6.99. The van der Waals surface area contributed by atoms with Gasteiger partial charge in [0.25, 0.3) is 0 Å². The van der Waals surface area contributed by atoms with Gasteiger partial charge in [-0.15, -0.1) is 0 Å². The number of hydrogen-bond donors (Lipinski definition) is 1. The summed E-state index contributed by atoms with van der Waals surface area (Å²) in [4.78, 5) is 29.5. The summed E-state index contributed by atoms with van der Waals surface area (Å²) >= 11 is 0. The van der Waals surface area contributed by atoms with Crippen LogP contribution >= 0.6 is 0 Å². The second-order valence-corrected chi connectivity index (χ2v) is 7.17. The van der Waals surface area contributed by atoms with Crippen molar-refractivity contribution < 1.29 is 9.90 Å². The number of carboxylic acid groups (broad SMARTS) is 1. The van der Waals surface area contributed by atoms with Crippen LogP contribution in [0.15, 0.2) is 43.0 Å². The Hall–Kier alpha value is -2.54. The molecule has 4 heterocycles. The lowest BCUT2D eigenvalue weighted by Gasteiger charge is -2.52. The summed E-state index contributed by atoms with van der Waals surface area (Å²) in [6, 6.07) is 5.82. The number of carbonyl (C=O) groups is 1. The van der Waals surface area contributed by atoms with Crippen LogP contribution in [0.5, 0.6) is 0 Å². The first-order valence-electron chi connectivity index (χ1n) is 9.07. The fourth-order valence-electron chi connectivity index (χ4n) is 4.46. The number of fused-ring (bicyclic) bond motifs is 1. The largest absolute Gasteiger partial charge is 0.481 e. The minimum atomic E-state index is -0.775. The molecule has 2 aliphatic heterocycles. The maximum Gasteiger partial charge on any atom is 0.313 e. The van der Waals surface area contributed by atoms with Crippen LogP contribution in [0.1, 0.15) is 24.8 Å². The third kappa shape index (κ3) is 3.03. The molecule has 0 spiro atoms. The molecule has 2 aromatic rings. The third-order valence-corrected chi connectivity index (χ3v) is 5.69. The zero-order valence-corrected chi connectivity index (χ0v) is 14.7. The topological polar surface area (TPSA) is 82.5 Å². The fourth-order valence-corrected chi connectivity index (χ4v) is 4.46. The highest BCUT2D eigenvalue weighted by atomic mass is 16.4. The van der Waals surface area contributed by atoms with Gasteiger partial charge in [-0.3, -0.25) is 14.7 Å². The number of aliphatic carboxylic acids is 1. The molecule has 136 valence electrons. The van der Waals surface area contributed by atoms with Gasteiger partial charge in [0.05, 0.1) is 0 Å². The first-order valence-corrected chi connectivity index (χ1v) is 9.07. The van der Waals surface area contributed by atoms with Crippen molar-refractivity contribution in [3.05, 3.63) is 48.5 Å². The standard InChI is InChI=1S/C19H23N5O2/c25-17(26)19-6-1-11-23(13-15-3-9-20-10-4-15)16(19)5-12-24(14-19)18-21-7-2-8-22-18/h2-4,7-10,16H,1,5-6,11-14H2,(H,25,26)/t16?,19-/m0/s1. The first kappa shape index (κ1) is 16.9. The molecule has 7 heteroatoms. The minimum absolute atomic E-state index is 0.0295. The van der Waals surface area contributed by atoms with Crippen molar-refractivity contribution in [1.82, 2.24) is 19.9 Å². The highest BCUT2D eigenvalue weighted by Crippen LogP contribution is 2.43. The summed E-state index contributed by atoms with van der Waals surface area (Å²) in [6.45, 7) is 2.94. The highest BCUT2D eigenvalue weighted by Gasteiger charge is 2.53. The molecule has 2 aromatic heterocycles. The Morgan fingerprint density at radius 1 is 1.19 bits per heavy atom. The predicted molar refractivity (Wildman–Crippen MR) is 96.6 cm³/mol. The van der Waals surface area contributed by atoms with Crippen molar-refractivity contribution in [3.63, 3.8) is 0 Å². The Morgan fingerprint density at radius 2 is 1.96 bits per heavy atom. The number of carboxylic acids is 1. The normalized spacial score (nSPS) is 26.3. The van der Waals surface area contributed by atoms with Crippen LogP contribution in [-0.2, 0) is 11.3 Å². The van der Waals surface area contributed by atoms with Crippen LogP contribution in [0, 0.1) is 5.41 Å². The van der Waals surface area contributed by atoms with Crippen molar-refractivity contribution in [3.8, 4) is 0 Å². The third-order valence-electron chi connectivity index (χ3n) is 5.69. The Balaban J connectivity index is 1.60. The van der Waals surface area contributed by atoms with E-state index in [1.54, 1.807) is 30.9 Å². The van der Waals surface area contributed by atoms with E-state index >= 15 is 0 Å². The number of rotatable bonds is 4. The van der Waals surface area contributed by atoms with Gasteiger partial charge >= 0.3 is 5.97 Å². The number of pyridine rings is 1. The molecule has 2 saturated heterocycles. The molecule has 0 aromatic carbocycles. The second-order valence-electron chi connectivity index (χ2n) is 7.17. The van der Waals surface area contributed by atoms with Crippen LogP contribution in [0.4, 0.5) is 5.95 Å². The molecular formula is C19H23N5O2. The lowest BCUT2D eigenvalue weighted by molar-refractivity contribution is -0.158. The van der Waals surface area contributed by atoms with E-state index in [0.717, 1.165) is 32.5 Å². The van der Waals surface area contributed by atoms with E-state index in [1.165, 1.54) is 5.56 Å². The van der Waals surface area contributed by atoms with Crippen LogP contribution < -0.4 is 4.90 Å². The Kier molecular flexibility index (Phi) is 4.55. The molecule has 4 rings (SSSR count). The number of aromatic nitrogens is 3. The Labute approximate surface area is 152 Å². The summed E-state index contributed by atoms with van der Waals surface area (Å²) in [5.41, 5.74) is 0.401. The zero-order valence-electron chi connectivity index (χ0n) is 14.7. The van der Waals surface area contributed by atoms with E-state index in [0.29, 0.717) is 18.9 Å². The molecule has 1 unspecified atom stereocenters. The quantitative estimate of drug-likeness (QED) is 0.898. The molecule has 0 aliphatic carbocycles. The summed E-state index contributed by atoms with van der Waals surface area (Å²) in [5, 5.41) is 10.2. The molecule has 2 fully saturated rings. The van der Waals surface area contributed by atoms with Crippen molar-refractivity contribution in [2.45, 2.75) is 31.8 Å². The maximum atomic E-state index is 12.4. The molecule has 1 N–H and O–H groups in total. The fraction of sp³-hybridized carbons (Fsp3) is 0.474. The lowest BCUT2D eigenvalue weighted by atomic mass is 9.69. The molecule has 7 nitrogen and oxygen atoms in total. The van der Waals surface area contributed by atoms with Gasteiger partial charge in [-0.25, -0.2) is 9.97 Å². The van der Waals surface area contributed by atoms with Crippen LogP contribution in [-0.4, -0.2) is 56.6 Å². The predicted octanol–water partition coefficient (Wildman–Crippen LogP) is 1.82. The molecule has 2 aliphatic rings. The number of nitrogens with zero attached hydrogens (tertiary/aromatic N) is 5. The monoisotopic (exact) mass is 353 g/mol. The summed E-state index contributed by atoms with van der Waals surface area (Å²) in [7, 11) is 0. The van der Waals surface area contributed by atoms with E-state index < -0.39 is 11.4 Å². The van der Waals surface area contributed by atoms with Crippen molar-refractivity contribution in [2.75, 3.05) is 24.5 Å². The van der Waals surface area contributed by atoms with E-state index in [2.05, 4.69) is 19.9 Å². The highest BCUT2D eigenvalue weighted by molar-refractivity contribution is 5.77. The van der Waals surface area contributed by atoms with Gasteiger partial charge in [0.2, 0.25) is 5.95 Å². The molecule has 0 radical (unpaired) electrons. The van der Waals surface area contributed by atoms with E-state index in [1.807, 2.05) is 17.0 Å². The van der Waals surface area contributed by atoms with Crippen LogP contribution in [0.25, 0.3) is 0 Å². The van der Waals surface area contributed by atoms with Crippen molar-refractivity contribution >= 4 is 11.9 Å². The van der Waals surface area contributed by atoms with Crippen LogP contribution in [0.3, 0.4) is 0 Å². The van der Waals surface area contributed by atoms with E-state index in [4.69, 9.17) is 0 Å². The van der Waals surface area contributed by atoms with Gasteiger partial charge in [-0.1, -0.05) is 0 Å². The smallest absolute Gasteiger partial charge is 0.313 e. The Morgan fingerprint density at radius 3 is 2.69 bits per heavy atom. The number of hydrogen-bond acceptors (Lipinski definition) is 6.